The molecule has 1 N–H and O–H groups in total. The topological polar surface area (TPSA) is 77.2 Å². The zero-order valence-electron chi connectivity index (χ0n) is 12.6. The number of fused-ring (bicyclic) bond motifs is 1. The molecule has 0 saturated carbocycles. The van der Waals surface area contributed by atoms with E-state index in [0.29, 0.717) is 22.7 Å². The second-order valence-corrected chi connectivity index (χ2v) is 4.99. The van der Waals surface area contributed by atoms with Gasteiger partial charge in [0.25, 0.3) is 5.91 Å². The average molecular weight is 315 g/mol. The van der Waals surface area contributed by atoms with Crippen LogP contribution in [-0.4, -0.2) is 22.5 Å². The molecule has 118 valence electrons. The Morgan fingerprint density at radius 2 is 2.00 bits per heavy atom. The van der Waals surface area contributed by atoms with Gasteiger partial charge in [-0.3, -0.25) is 4.79 Å². The van der Waals surface area contributed by atoms with Crippen molar-refractivity contribution in [2.45, 2.75) is 13.8 Å². The molecule has 0 spiro atoms. The maximum absolute atomic E-state index is 12.8. The van der Waals surface area contributed by atoms with E-state index in [9.17, 15) is 9.18 Å². The molecule has 1 amide bonds. The standard InChI is InChI=1S/C16H14FN3O3/c1-9-10(2)23-16-14(9)15(18-8-19-16)22-7-13(21)20-12-5-3-11(17)4-6-12/h3-6,8H,7H2,1-2H3,(H,20,21). The third-order valence-corrected chi connectivity index (χ3v) is 3.40. The summed E-state index contributed by atoms with van der Waals surface area (Å²) in [5, 5.41) is 3.26. The van der Waals surface area contributed by atoms with Gasteiger partial charge < -0.3 is 14.5 Å². The summed E-state index contributed by atoms with van der Waals surface area (Å²) in [5.74, 6) is 0.273. The maximum atomic E-state index is 12.8. The minimum atomic E-state index is -0.374. The highest BCUT2D eigenvalue weighted by Gasteiger charge is 2.15. The first-order chi connectivity index (χ1) is 11.0. The molecule has 0 aliphatic heterocycles. The van der Waals surface area contributed by atoms with Gasteiger partial charge in [0, 0.05) is 11.3 Å². The summed E-state index contributed by atoms with van der Waals surface area (Å²) in [7, 11) is 0. The predicted octanol–water partition coefficient (Wildman–Crippen LogP) is 3.00. The van der Waals surface area contributed by atoms with Crippen LogP contribution in [0, 0.1) is 19.7 Å². The Labute approximate surface area is 131 Å². The van der Waals surface area contributed by atoms with Crippen molar-refractivity contribution in [1.82, 2.24) is 9.97 Å². The number of anilines is 1. The van der Waals surface area contributed by atoms with E-state index in [1.165, 1.54) is 30.6 Å². The molecular formula is C16H14FN3O3. The van der Waals surface area contributed by atoms with Gasteiger partial charge in [0.15, 0.2) is 6.61 Å². The van der Waals surface area contributed by atoms with Crippen LogP contribution in [0.2, 0.25) is 0 Å². The van der Waals surface area contributed by atoms with Crippen molar-refractivity contribution in [2.24, 2.45) is 0 Å². The number of rotatable bonds is 4. The SMILES string of the molecule is Cc1oc2ncnc(OCC(=O)Nc3ccc(F)cc3)c2c1C. The van der Waals surface area contributed by atoms with Gasteiger partial charge in [-0.2, -0.15) is 0 Å². The number of amides is 1. The van der Waals surface area contributed by atoms with Crippen LogP contribution in [0.4, 0.5) is 10.1 Å². The quantitative estimate of drug-likeness (QED) is 0.801. The Kier molecular flexibility index (Phi) is 3.92. The molecule has 3 aromatic rings. The van der Waals surface area contributed by atoms with Gasteiger partial charge in [-0.05, 0) is 38.1 Å². The molecule has 0 unspecified atom stereocenters. The third kappa shape index (κ3) is 3.13. The molecule has 6 nitrogen and oxygen atoms in total. The van der Waals surface area contributed by atoms with E-state index >= 15 is 0 Å². The zero-order chi connectivity index (χ0) is 16.4. The first-order valence-electron chi connectivity index (χ1n) is 6.93. The molecule has 0 bridgehead atoms. The Morgan fingerprint density at radius 3 is 2.74 bits per heavy atom. The smallest absolute Gasteiger partial charge is 0.262 e. The number of aryl methyl sites for hydroxylation is 2. The molecule has 3 rings (SSSR count). The number of carbonyl (C=O) groups excluding carboxylic acids is 1. The number of furan rings is 1. The lowest BCUT2D eigenvalue weighted by Gasteiger charge is -2.07. The molecule has 0 fully saturated rings. The number of nitrogens with zero attached hydrogens (tertiary/aromatic N) is 2. The molecule has 1 aromatic carbocycles. The van der Waals surface area contributed by atoms with Crippen LogP contribution >= 0.6 is 0 Å². The number of hydrogen-bond donors (Lipinski definition) is 1. The fourth-order valence-corrected chi connectivity index (χ4v) is 2.12. The lowest BCUT2D eigenvalue weighted by Crippen LogP contribution is -2.20. The van der Waals surface area contributed by atoms with Crippen molar-refractivity contribution in [2.75, 3.05) is 11.9 Å². The van der Waals surface area contributed by atoms with Crippen molar-refractivity contribution in [1.29, 1.82) is 0 Å². The molecule has 23 heavy (non-hydrogen) atoms. The Morgan fingerprint density at radius 1 is 1.26 bits per heavy atom. The van der Waals surface area contributed by atoms with Crippen LogP contribution in [-0.2, 0) is 4.79 Å². The maximum Gasteiger partial charge on any atom is 0.262 e. The molecule has 0 aliphatic rings. The van der Waals surface area contributed by atoms with Gasteiger partial charge in [-0.1, -0.05) is 0 Å². The summed E-state index contributed by atoms with van der Waals surface area (Å²) in [4.78, 5) is 20.0. The van der Waals surface area contributed by atoms with Crippen molar-refractivity contribution in [3.05, 3.63) is 47.7 Å². The number of nitrogens with one attached hydrogen (secondary N) is 1. The highest BCUT2D eigenvalue weighted by Crippen LogP contribution is 2.29. The summed E-state index contributed by atoms with van der Waals surface area (Å²) in [6.45, 7) is 3.46. The van der Waals surface area contributed by atoms with Crippen LogP contribution < -0.4 is 10.1 Å². The summed E-state index contributed by atoms with van der Waals surface area (Å²) in [6.07, 6.45) is 1.32. The predicted molar refractivity (Wildman–Crippen MR) is 81.8 cm³/mol. The van der Waals surface area contributed by atoms with Crippen LogP contribution in [0.1, 0.15) is 11.3 Å². The van der Waals surface area contributed by atoms with Gasteiger partial charge in [-0.25, -0.2) is 14.4 Å². The van der Waals surface area contributed by atoms with Crippen LogP contribution in [0.3, 0.4) is 0 Å². The molecule has 2 heterocycles. The molecule has 0 saturated heterocycles. The minimum Gasteiger partial charge on any atom is -0.467 e. The Balaban J connectivity index is 1.71. The van der Waals surface area contributed by atoms with Gasteiger partial charge in [0.1, 0.15) is 23.3 Å². The average Bonchev–Trinajstić information content (AvgIpc) is 2.83. The normalized spacial score (nSPS) is 10.7. The number of benzene rings is 1. The summed E-state index contributed by atoms with van der Waals surface area (Å²) in [5.41, 5.74) is 1.78. The van der Waals surface area contributed by atoms with Crippen molar-refractivity contribution < 1.29 is 18.3 Å². The first kappa shape index (κ1) is 15.0. The van der Waals surface area contributed by atoms with E-state index in [1.54, 1.807) is 0 Å². The number of halogens is 1. The lowest BCUT2D eigenvalue weighted by atomic mass is 10.2. The van der Waals surface area contributed by atoms with Crippen molar-refractivity contribution in [3.8, 4) is 5.88 Å². The fourth-order valence-electron chi connectivity index (χ4n) is 2.12. The van der Waals surface area contributed by atoms with Gasteiger partial charge in [0.2, 0.25) is 11.6 Å². The second-order valence-electron chi connectivity index (χ2n) is 4.99. The monoisotopic (exact) mass is 315 g/mol. The van der Waals surface area contributed by atoms with Gasteiger partial charge in [-0.15, -0.1) is 0 Å². The zero-order valence-corrected chi connectivity index (χ0v) is 12.6. The highest BCUT2D eigenvalue weighted by molar-refractivity contribution is 5.92. The third-order valence-electron chi connectivity index (χ3n) is 3.40. The van der Waals surface area contributed by atoms with Crippen LogP contribution in [0.15, 0.2) is 35.0 Å². The molecule has 0 atom stereocenters. The van der Waals surface area contributed by atoms with E-state index in [-0.39, 0.29) is 18.3 Å². The van der Waals surface area contributed by atoms with Crippen molar-refractivity contribution >= 4 is 22.7 Å². The highest BCUT2D eigenvalue weighted by atomic mass is 19.1. The molecule has 2 aromatic heterocycles. The summed E-state index contributed by atoms with van der Waals surface area (Å²) >= 11 is 0. The number of aromatic nitrogens is 2. The molecule has 0 radical (unpaired) electrons. The van der Waals surface area contributed by atoms with E-state index in [0.717, 1.165) is 11.3 Å². The lowest BCUT2D eigenvalue weighted by molar-refractivity contribution is -0.118. The van der Waals surface area contributed by atoms with Gasteiger partial charge >= 0.3 is 0 Å². The van der Waals surface area contributed by atoms with E-state index in [4.69, 9.17) is 9.15 Å². The minimum absolute atomic E-state index is 0.229. The molecule has 0 aliphatic carbocycles. The molecular weight excluding hydrogens is 301 g/mol. The fraction of sp³-hybridized carbons (Fsp3) is 0.188. The summed E-state index contributed by atoms with van der Waals surface area (Å²) in [6, 6.07) is 5.48. The largest absolute Gasteiger partial charge is 0.467 e. The van der Waals surface area contributed by atoms with Crippen molar-refractivity contribution in [3.63, 3.8) is 0 Å². The first-order valence-corrected chi connectivity index (χ1v) is 6.93. The van der Waals surface area contributed by atoms with Gasteiger partial charge in [0.05, 0.1) is 0 Å². The molecule has 7 heteroatoms. The second kappa shape index (κ2) is 6.04. The van der Waals surface area contributed by atoms with E-state index in [1.807, 2.05) is 13.8 Å². The van der Waals surface area contributed by atoms with Crippen LogP contribution in [0.25, 0.3) is 11.1 Å². The Hall–Kier alpha value is -2.96. The summed E-state index contributed by atoms with van der Waals surface area (Å²) < 4.78 is 23.8. The Bertz CT molecular complexity index is 859. The number of hydrogen-bond acceptors (Lipinski definition) is 5. The number of ether oxygens (including phenoxy) is 1. The van der Waals surface area contributed by atoms with E-state index in [2.05, 4.69) is 15.3 Å². The van der Waals surface area contributed by atoms with Crippen LogP contribution in [0.5, 0.6) is 5.88 Å². The van der Waals surface area contributed by atoms with E-state index < -0.39 is 0 Å². The number of carbonyl (C=O) groups is 1.